The molecule has 0 saturated heterocycles. The summed E-state index contributed by atoms with van der Waals surface area (Å²) in [5.41, 5.74) is 1.89. The first kappa shape index (κ1) is 18.2. The molecule has 1 aromatic heterocycles. The van der Waals surface area contributed by atoms with Crippen LogP contribution in [0.4, 0.5) is 5.69 Å². The molecule has 0 spiro atoms. The highest BCUT2D eigenvalue weighted by molar-refractivity contribution is 7.99. The predicted octanol–water partition coefficient (Wildman–Crippen LogP) is 3.22. The van der Waals surface area contributed by atoms with Gasteiger partial charge in [0.25, 0.3) is 11.1 Å². The highest BCUT2D eigenvalue weighted by Crippen LogP contribution is 2.34. The molecule has 2 aromatic carbocycles. The molecule has 4 rings (SSSR count). The van der Waals surface area contributed by atoms with Crippen LogP contribution in [0.2, 0.25) is 0 Å². The molecule has 1 aliphatic heterocycles. The van der Waals surface area contributed by atoms with E-state index < -0.39 is 18.0 Å². The summed E-state index contributed by atoms with van der Waals surface area (Å²) >= 11 is 1.11. The second kappa shape index (κ2) is 7.81. The van der Waals surface area contributed by atoms with Crippen molar-refractivity contribution in [1.29, 1.82) is 0 Å². The normalized spacial score (nSPS) is 13.3. The Kier molecular flexibility index (Phi) is 5.07. The fraction of sp³-hybridized carbons (Fsp3) is 0.211. The number of hydrogen-bond donors (Lipinski definition) is 1. The number of anilines is 1. The first-order valence-corrected chi connectivity index (χ1v) is 9.45. The highest BCUT2D eigenvalue weighted by Gasteiger charge is 2.20. The molecule has 0 radical (unpaired) electrons. The van der Waals surface area contributed by atoms with Gasteiger partial charge in [-0.1, -0.05) is 23.9 Å². The number of rotatable bonds is 6. The van der Waals surface area contributed by atoms with E-state index in [9.17, 15) is 9.59 Å². The van der Waals surface area contributed by atoms with Crippen LogP contribution >= 0.6 is 11.8 Å². The number of fused-ring (bicyclic) bond motifs is 2. The van der Waals surface area contributed by atoms with Crippen LogP contribution < -0.4 is 14.8 Å². The molecule has 1 aliphatic rings. The molecule has 0 saturated carbocycles. The van der Waals surface area contributed by atoms with E-state index in [4.69, 9.17) is 18.6 Å². The van der Waals surface area contributed by atoms with Gasteiger partial charge in [-0.2, -0.15) is 0 Å². The monoisotopic (exact) mass is 400 g/mol. The number of amides is 1. The number of carbonyl (C=O) groups is 2. The third kappa shape index (κ3) is 4.04. The number of ether oxygens (including phenoxy) is 3. The van der Waals surface area contributed by atoms with Crippen molar-refractivity contribution in [3.05, 3.63) is 42.5 Å². The molecule has 1 amide bonds. The lowest BCUT2D eigenvalue weighted by molar-refractivity contribution is -0.150. The SMILES string of the molecule is C[C@H](OC(=O)CSc1nc2ccccc2o1)C(=O)Nc1ccc2c(c1)OCO2. The second-order valence-electron chi connectivity index (χ2n) is 5.93. The van der Waals surface area contributed by atoms with Crippen molar-refractivity contribution in [2.75, 3.05) is 17.9 Å². The van der Waals surface area contributed by atoms with Gasteiger partial charge in [0, 0.05) is 11.8 Å². The molecule has 9 heteroatoms. The predicted molar refractivity (Wildman–Crippen MR) is 101 cm³/mol. The number of nitrogens with zero attached hydrogens (tertiary/aromatic N) is 1. The van der Waals surface area contributed by atoms with Crippen molar-refractivity contribution in [2.45, 2.75) is 18.3 Å². The fourth-order valence-electron chi connectivity index (χ4n) is 2.54. The van der Waals surface area contributed by atoms with Crippen molar-refractivity contribution >= 4 is 40.4 Å². The summed E-state index contributed by atoms with van der Waals surface area (Å²) in [4.78, 5) is 28.5. The van der Waals surface area contributed by atoms with Gasteiger partial charge < -0.3 is 23.9 Å². The van der Waals surface area contributed by atoms with Crippen LogP contribution in [0, 0.1) is 0 Å². The summed E-state index contributed by atoms with van der Waals surface area (Å²) in [5, 5.41) is 3.05. The van der Waals surface area contributed by atoms with Crippen LogP contribution in [0.1, 0.15) is 6.92 Å². The van der Waals surface area contributed by atoms with E-state index in [1.165, 1.54) is 6.92 Å². The molecule has 1 atom stereocenters. The number of thioether (sulfide) groups is 1. The van der Waals surface area contributed by atoms with Crippen molar-refractivity contribution < 1.29 is 28.2 Å². The summed E-state index contributed by atoms with van der Waals surface area (Å²) < 4.78 is 21.2. The van der Waals surface area contributed by atoms with Crippen LogP contribution in [-0.4, -0.2) is 35.5 Å². The van der Waals surface area contributed by atoms with Crippen molar-refractivity contribution in [3.63, 3.8) is 0 Å². The molecule has 0 unspecified atom stereocenters. The Bertz CT molecular complexity index is 1000. The van der Waals surface area contributed by atoms with E-state index in [1.807, 2.05) is 18.2 Å². The number of aromatic nitrogens is 1. The average Bonchev–Trinajstić information content (AvgIpc) is 3.32. The number of benzene rings is 2. The van der Waals surface area contributed by atoms with Crippen LogP contribution in [0.15, 0.2) is 52.1 Å². The van der Waals surface area contributed by atoms with Gasteiger partial charge in [0.1, 0.15) is 11.3 Å². The van der Waals surface area contributed by atoms with Gasteiger partial charge in [-0.25, -0.2) is 4.98 Å². The van der Waals surface area contributed by atoms with E-state index in [0.29, 0.717) is 28.0 Å². The highest BCUT2D eigenvalue weighted by atomic mass is 32.2. The van der Waals surface area contributed by atoms with E-state index in [0.717, 1.165) is 17.3 Å². The Morgan fingerprint density at radius 1 is 1.21 bits per heavy atom. The molecule has 3 aromatic rings. The fourth-order valence-corrected chi connectivity index (χ4v) is 3.16. The van der Waals surface area contributed by atoms with Crippen molar-refractivity contribution in [1.82, 2.24) is 4.98 Å². The Balaban J connectivity index is 1.28. The van der Waals surface area contributed by atoms with Gasteiger partial charge in [0.05, 0.1) is 0 Å². The molecule has 0 bridgehead atoms. The van der Waals surface area contributed by atoms with Crippen LogP contribution in [0.25, 0.3) is 11.1 Å². The number of nitrogens with one attached hydrogen (secondary N) is 1. The number of esters is 1. The van der Waals surface area contributed by atoms with Crippen molar-refractivity contribution in [3.8, 4) is 11.5 Å². The topological polar surface area (TPSA) is 99.9 Å². The van der Waals surface area contributed by atoms with E-state index in [2.05, 4.69) is 10.3 Å². The average molecular weight is 400 g/mol. The lowest BCUT2D eigenvalue weighted by Crippen LogP contribution is -2.30. The summed E-state index contributed by atoms with van der Waals surface area (Å²) in [6, 6.07) is 12.4. The number of hydrogen-bond acceptors (Lipinski definition) is 8. The van der Waals surface area contributed by atoms with Gasteiger partial charge in [-0.3, -0.25) is 9.59 Å². The van der Waals surface area contributed by atoms with Gasteiger partial charge in [0.15, 0.2) is 23.2 Å². The lowest BCUT2D eigenvalue weighted by atomic mass is 10.2. The van der Waals surface area contributed by atoms with Crippen LogP contribution in [-0.2, 0) is 14.3 Å². The van der Waals surface area contributed by atoms with E-state index >= 15 is 0 Å². The molecule has 28 heavy (non-hydrogen) atoms. The number of para-hydroxylation sites is 2. The number of oxazole rings is 1. The smallest absolute Gasteiger partial charge is 0.317 e. The first-order valence-electron chi connectivity index (χ1n) is 8.47. The van der Waals surface area contributed by atoms with Crippen LogP contribution in [0.3, 0.4) is 0 Å². The zero-order chi connectivity index (χ0) is 19.5. The Morgan fingerprint density at radius 2 is 2.04 bits per heavy atom. The second-order valence-corrected chi connectivity index (χ2v) is 6.85. The minimum Gasteiger partial charge on any atom is -0.454 e. The molecular weight excluding hydrogens is 384 g/mol. The number of carbonyl (C=O) groups excluding carboxylic acids is 2. The molecule has 0 fully saturated rings. The molecular formula is C19H16N2O6S. The maximum Gasteiger partial charge on any atom is 0.317 e. The van der Waals surface area contributed by atoms with Crippen molar-refractivity contribution in [2.24, 2.45) is 0 Å². The van der Waals surface area contributed by atoms with Gasteiger partial charge in [0.2, 0.25) is 6.79 Å². The third-order valence-corrected chi connectivity index (χ3v) is 4.71. The summed E-state index contributed by atoms with van der Waals surface area (Å²) in [5.74, 6) is 0.166. The first-order chi connectivity index (χ1) is 13.6. The maximum absolute atomic E-state index is 12.2. The lowest BCUT2D eigenvalue weighted by Gasteiger charge is -2.13. The van der Waals surface area contributed by atoms with E-state index in [1.54, 1.807) is 24.3 Å². The zero-order valence-corrected chi connectivity index (χ0v) is 15.7. The van der Waals surface area contributed by atoms with Gasteiger partial charge in [-0.05, 0) is 31.2 Å². The largest absolute Gasteiger partial charge is 0.454 e. The Hall–Kier alpha value is -3.20. The summed E-state index contributed by atoms with van der Waals surface area (Å²) in [6.45, 7) is 1.66. The van der Waals surface area contributed by atoms with Crippen LogP contribution in [0.5, 0.6) is 11.5 Å². The minimum atomic E-state index is -0.956. The molecule has 2 heterocycles. The minimum absolute atomic E-state index is 0.0194. The standard InChI is InChI=1S/C19H16N2O6S/c1-11(18(23)20-12-6-7-15-16(8-12)25-10-24-15)26-17(22)9-28-19-21-13-4-2-3-5-14(13)27-19/h2-8,11H,9-10H2,1H3,(H,20,23)/t11-/m0/s1. The zero-order valence-electron chi connectivity index (χ0n) is 14.8. The summed E-state index contributed by atoms with van der Waals surface area (Å²) in [7, 11) is 0. The summed E-state index contributed by atoms with van der Waals surface area (Å²) in [6.07, 6.45) is -0.956. The van der Waals surface area contributed by atoms with E-state index in [-0.39, 0.29) is 12.5 Å². The van der Waals surface area contributed by atoms with Gasteiger partial charge in [-0.15, -0.1) is 0 Å². The molecule has 0 aliphatic carbocycles. The molecule has 1 N–H and O–H groups in total. The quantitative estimate of drug-likeness (QED) is 0.497. The van der Waals surface area contributed by atoms with Gasteiger partial charge >= 0.3 is 5.97 Å². The Morgan fingerprint density at radius 3 is 2.89 bits per heavy atom. The molecule has 144 valence electrons. The maximum atomic E-state index is 12.2. The Labute approximate surface area is 164 Å². The molecule has 8 nitrogen and oxygen atoms in total. The third-order valence-electron chi connectivity index (χ3n) is 3.91.